The second-order valence-electron chi connectivity index (χ2n) is 3.18. The summed E-state index contributed by atoms with van der Waals surface area (Å²) >= 11 is 3.40. The molecular formula is C11H20O2S2. The van der Waals surface area contributed by atoms with Crippen molar-refractivity contribution in [3.8, 4) is 0 Å². The number of hydrogen-bond donors (Lipinski definition) is 0. The number of carbonyl (C=O) groups excluding carboxylic acids is 2. The maximum absolute atomic E-state index is 11.7. The molecule has 2 nitrogen and oxygen atoms in total. The van der Waals surface area contributed by atoms with E-state index in [1.165, 1.54) is 0 Å². The molecule has 0 radical (unpaired) electrons. The molecule has 0 saturated heterocycles. The van der Waals surface area contributed by atoms with Gasteiger partial charge in [-0.3, -0.25) is 4.79 Å². The third-order valence-electron chi connectivity index (χ3n) is 1.89. The molecule has 88 valence electrons. The highest BCUT2D eigenvalue weighted by Crippen LogP contribution is 2.18. The molecule has 0 aromatic heterocycles. The van der Waals surface area contributed by atoms with Gasteiger partial charge in [0.1, 0.15) is 12.1 Å². The first-order chi connectivity index (χ1) is 7.26. The SMILES string of the molecule is CCCSC(CC=O)C(=O)CCSCC. The molecule has 0 fully saturated rings. The minimum atomic E-state index is -0.0973. The van der Waals surface area contributed by atoms with E-state index in [2.05, 4.69) is 13.8 Å². The topological polar surface area (TPSA) is 34.1 Å². The Bertz CT molecular complexity index is 183. The first-order valence-corrected chi connectivity index (χ1v) is 7.62. The Morgan fingerprint density at radius 1 is 1.33 bits per heavy atom. The van der Waals surface area contributed by atoms with Crippen LogP contribution in [0.1, 0.15) is 33.1 Å². The number of Topliss-reactive ketones (excluding diaryl/α,β-unsaturated/α-hetero) is 1. The zero-order chi connectivity index (χ0) is 11.5. The minimum absolute atomic E-state index is 0.0973. The Morgan fingerprint density at radius 3 is 2.60 bits per heavy atom. The van der Waals surface area contributed by atoms with Gasteiger partial charge in [0.2, 0.25) is 0 Å². The van der Waals surface area contributed by atoms with E-state index in [1.54, 1.807) is 23.5 Å². The fourth-order valence-electron chi connectivity index (χ4n) is 1.12. The van der Waals surface area contributed by atoms with Crippen LogP contribution in [-0.2, 0) is 9.59 Å². The van der Waals surface area contributed by atoms with Gasteiger partial charge in [0, 0.05) is 18.6 Å². The maximum atomic E-state index is 11.7. The molecule has 0 bridgehead atoms. The molecule has 0 N–H and O–H groups in total. The zero-order valence-electron chi connectivity index (χ0n) is 9.53. The summed E-state index contributed by atoms with van der Waals surface area (Å²) in [7, 11) is 0. The molecule has 0 aliphatic rings. The van der Waals surface area contributed by atoms with E-state index in [0.717, 1.165) is 30.0 Å². The number of hydrogen-bond acceptors (Lipinski definition) is 4. The Kier molecular flexibility index (Phi) is 10.6. The molecule has 1 atom stereocenters. The second-order valence-corrected chi connectivity index (χ2v) is 5.88. The fourth-order valence-corrected chi connectivity index (χ4v) is 2.79. The van der Waals surface area contributed by atoms with E-state index >= 15 is 0 Å². The molecule has 0 saturated carbocycles. The van der Waals surface area contributed by atoms with Crippen LogP contribution < -0.4 is 0 Å². The van der Waals surface area contributed by atoms with E-state index in [4.69, 9.17) is 0 Å². The molecule has 0 aromatic carbocycles. The fraction of sp³-hybridized carbons (Fsp3) is 0.818. The van der Waals surface area contributed by atoms with Crippen LogP contribution in [-0.4, -0.2) is 34.6 Å². The van der Waals surface area contributed by atoms with Crippen LogP contribution >= 0.6 is 23.5 Å². The lowest BCUT2D eigenvalue weighted by Crippen LogP contribution is -2.19. The van der Waals surface area contributed by atoms with Crippen molar-refractivity contribution in [1.82, 2.24) is 0 Å². The molecule has 15 heavy (non-hydrogen) atoms. The van der Waals surface area contributed by atoms with E-state index in [9.17, 15) is 9.59 Å². The van der Waals surface area contributed by atoms with Crippen LogP contribution in [0.2, 0.25) is 0 Å². The number of aldehydes is 1. The summed E-state index contributed by atoms with van der Waals surface area (Å²) in [5.74, 6) is 3.14. The minimum Gasteiger partial charge on any atom is -0.303 e. The van der Waals surface area contributed by atoms with Crippen molar-refractivity contribution in [1.29, 1.82) is 0 Å². The average Bonchev–Trinajstić information content (AvgIpc) is 2.24. The number of thioether (sulfide) groups is 2. The van der Waals surface area contributed by atoms with Crippen molar-refractivity contribution in [2.75, 3.05) is 17.3 Å². The highest BCUT2D eigenvalue weighted by molar-refractivity contribution is 8.00. The lowest BCUT2D eigenvalue weighted by atomic mass is 10.2. The van der Waals surface area contributed by atoms with Gasteiger partial charge < -0.3 is 4.79 Å². The van der Waals surface area contributed by atoms with E-state index in [-0.39, 0.29) is 11.0 Å². The molecule has 4 heteroatoms. The van der Waals surface area contributed by atoms with Gasteiger partial charge in [-0.15, -0.1) is 0 Å². The van der Waals surface area contributed by atoms with Gasteiger partial charge in [-0.25, -0.2) is 0 Å². The van der Waals surface area contributed by atoms with Crippen molar-refractivity contribution >= 4 is 35.6 Å². The summed E-state index contributed by atoms with van der Waals surface area (Å²) in [5.41, 5.74) is 0. The van der Waals surface area contributed by atoms with Crippen molar-refractivity contribution in [2.45, 2.75) is 38.4 Å². The van der Waals surface area contributed by atoms with Gasteiger partial charge in [-0.1, -0.05) is 13.8 Å². The van der Waals surface area contributed by atoms with E-state index in [0.29, 0.717) is 12.8 Å². The summed E-state index contributed by atoms with van der Waals surface area (Å²) in [6.07, 6.45) is 2.89. The molecule has 0 aromatic rings. The van der Waals surface area contributed by atoms with Crippen molar-refractivity contribution < 1.29 is 9.59 Å². The van der Waals surface area contributed by atoms with Gasteiger partial charge in [-0.2, -0.15) is 23.5 Å². The Labute approximate surface area is 101 Å². The van der Waals surface area contributed by atoms with Gasteiger partial charge >= 0.3 is 0 Å². The smallest absolute Gasteiger partial charge is 0.147 e. The van der Waals surface area contributed by atoms with E-state index in [1.807, 2.05) is 0 Å². The van der Waals surface area contributed by atoms with Crippen molar-refractivity contribution in [3.63, 3.8) is 0 Å². The van der Waals surface area contributed by atoms with Crippen LogP contribution in [0, 0.1) is 0 Å². The van der Waals surface area contributed by atoms with Crippen LogP contribution in [0.5, 0.6) is 0 Å². The first-order valence-electron chi connectivity index (χ1n) is 5.41. The van der Waals surface area contributed by atoms with Crippen LogP contribution in [0.15, 0.2) is 0 Å². The van der Waals surface area contributed by atoms with Crippen molar-refractivity contribution in [2.24, 2.45) is 0 Å². The van der Waals surface area contributed by atoms with Crippen molar-refractivity contribution in [3.05, 3.63) is 0 Å². The Morgan fingerprint density at radius 2 is 2.07 bits per heavy atom. The van der Waals surface area contributed by atoms with E-state index < -0.39 is 0 Å². The predicted molar refractivity (Wildman–Crippen MR) is 69.8 cm³/mol. The molecule has 0 heterocycles. The Hall–Kier alpha value is 0.0400. The highest BCUT2D eigenvalue weighted by atomic mass is 32.2. The van der Waals surface area contributed by atoms with Crippen LogP contribution in [0.25, 0.3) is 0 Å². The molecule has 0 aliphatic heterocycles. The van der Waals surface area contributed by atoms with Crippen LogP contribution in [0.4, 0.5) is 0 Å². The van der Waals surface area contributed by atoms with Gasteiger partial charge in [0.25, 0.3) is 0 Å². The third-order valence-corrected chi connectivity index (χ3v) is 4.29. The van der Waals surface area contributed by atoms with Gasteiger partial charge in [0.05, 0.1) is 5.25 Å². The monoisotopic (exact) mass is 248 g/mol. The largest absolute Gasteiger partial charge is 0.303 e. The molecule has 0 spiro atoms. The molecule has 0 rings (SSSR count). The summed E-state index contributed by atoms with van der Waals surface area (Å²) in [6, 6.07) is 0. The highest BCUT2D eigenvalue weighted by Gasteiger charge is 2.17. The quantitative estimate of drug-likeness (QED) is 0.440. The number of carbonyl (C=O) groups is 2. The average molecular weight is 248 g/mol. The predicted octanol–water partition coefficient (Wildman–Crippen LogP) is 2.80. The molecule has 0 aliphatic carbocycles. The number of ketones is 1. The summed E-state index contributed by atoms with van der Waals surface area (Å²) in [4.78, 5) is 22.2. The van der Waals surface area contributed by atoms with Gasteiger partial charge in [-0.05, 0) is 17.9 Å². The summed E-state index contributed by atoms with van der Waals surface area (Å²) in [5, 5.41) is -0.0973. The zero-order valence-corrected chi connectivity index (χ0v) is 11.2. The molecule has 0 amide bonds. The van der Waals surface area contributed by atoms with Gasteiger partial charge in [0.15, 0.2) is 0 Å². The third kappa shape index (κ3) is 7.91. The molecular weight excluding hydrogens is 228 g/mol. The van der Waals surface area contributed by atoms with Crippen LogP contribution in [0.3, 0.4) is 0 Å². The first kappa shape index (κ1) is 15.0. The standard InChI is InChI=1S/C11H20O2S2/c1-3-8-15-11(5-7-12)10(13)6-9-14-4-2/h7,11H,3-6,8-9H2,1-2H3. The second kappa shape index (κ2) is 10.6. The number of rotatable bonds is 10. The molecule has 1 unspecified atom stereocenters. The summed E-state index contributed by atoms with van der Waals surface area (Å²) < 4.78 is 0. The lowest BCUT2D eigenvalue weighted by molar-refractivity contribution is -0.119. The Balaban J connectivity index is 3.86. The lowest BCUT2D eigenvalue weighted by Gasteiger charge is -2.11. The normalized spacial score (nSPS) is 12.4. The summed E-state index contributed by atoms with van der Waals surface area (Å²) in [6.45, 7) is 4.17. The maximum Gasteiger partial charge on any atom is 0.147 e.